The molecule has 0 saturated heterocycles. The van der Waals surface area contributed by atoms with Gasteiger partial charge < -0.3 is 15.2 Å². The Morgan fingerprint density at radius 1 is 0.946 bits per heavy atom. The molecule has 2 aromatic heterocycles. The number of ether oxygens (including phenoxy) is 1. The molecule has 0 amide bonds. The molecular weight excluding hydrogens is 493 g/mol. The highest BCUT2D eigenvalue weighted by Gasteiger charge is 2.30. The van der Waals surface area contributed by atoms with Crippen LogP contribution in [0.15, 0.2) is 70.4 Å². The lowest BCUT2D eigenvalue weighted by Crippen LogP contribution is -2.32. The Morgan fingerprint density at radius 2 is 1.70 bits per heavy atom. The Balaban J connectivity index is 1.36. The molecule has 0 saturated carbocycles. The molecule has 0 aliphatic rings. The average Bonchev–Trinajstić information content (AvgIpc) is 3.45. The van der Waals surface area contributed by atoms with Crippen LogP contribution in [-0.4, -0.2) is 30.7 Å². The summed E-state index contributed by atoms with van der Waals surface area (Å²) in [4.78, 5) is 27.4. The fraction of sp³-hybridized carbons (Fsp3) is 0.0833. The minimum atomic E-state index is -4.41. The van der Waals surface area contributed by atoms with E-state index in [4.69, 9.17) is 4.74 Å². The lowest BCUT2D eigenvalue weighted by atomic mass is 10.0. The third-order valence-corrected chi connectivity index (χ3v) is 5.43. The van der Waals surface area contributed by atoms with E-state index in [0.29, 0.717) is 27.9 Å². The molecular formula is C24H15F3N6O4. The van der Waals surface area contributed by atoms with E-state index < -0.39 is 28.3 Å². The fourth-order valence-electron chi connectivity index (χ4n) is 3.50. The number of anilines is 2. The molecule has 37 heavy (non-hydrogen) atoms. The standard InChI is InChI=1S/C24H15F3N6O4/c25-24(26,27)16-4-1-12(2-5-16)11-37-18-6-3-13(10-28-18)14-7-15(23-30-32-33-31-23)9-17(8-14)29-19-20(34)22(36)21(19)35/h1-10,29,34H,11H2,(H,30,31,32,33). The number of H-pyrrole nitrogens is 1. The second-order valence-corrected chi connectivity index (χ2v) is 7.91. The summed E-state index contributed by atoms with van der Waals surface area (Å²) in [5, 5.41) is 26.2. The summed E-state index contributed by atoms with van der Waals surface area (Å²) in [6.07, 6.45) is -2.88. The minimum absolute atomic E-state index is 0.0250. The van der Waals surface area contributed by atoms with Crippen LogP contribution in [-0.2, 0) is 12.8 Å². The van der Waals surface area contributed by atoms with Gasteiger partial charge in [-0.3, -0.25) is 9.59 Å². The zero-order valence-corrected chi connectivity index (χ0v) is 18.6. The van der Waals surface area contributed by atoms with Crippen molar-refractivity contribution in [1.29, 1.82) is 0 Å². The van der Waals surface area contributed by atoms with Crippen molar-refractivity contribution >= 4 is 11.4 Å². The quantitative estimate of drug-likeness (QED) is 0.281. The van der Waals surface area contributed by atoms with E-state index in [1.54, 1.807) is 30.3 Å². The second kappa shape index (κ2) is 9.18. The van der Waals surface area contributed by atoms with Gasteiger partial charge in [-0.2, -0.15) is 18.4 Å². The summed E-state index contributed by atoms with van der Waals surface area (Å²) in [5.41, 5.74) is -0.0368. The SMILES string of the molecule is O=c1c(O)c(Nc2cc(-c3ccc(OCc4ccc(C(F)(F)F)cc4)nc3)cc(-c3nn[nH]n3)c2)c1=O. The van der Waals surface area contributed by atoms with Gasteiger partial charge in [0.1, 0.15) is 12.3 Å². The summed E-state index contributed by atoms with van der Waals surface area (Å²) >= 11 is 0. The third kappa shape index (κ3) is 4.87. The molecule has 0 unspecified atom stereocenters. The molecule has 0 bridgehead atoms. The highest BCUT2D eigenvalue weighted by Crippen LogP contribution is 2.32. The van der Waals surface area contributed by atoms with E-state index in [2.05, 4.69) is 30.9 Å². The Kier molecular flexibility index (Phi) is 5.87. The van der Waals surface area contributed by atoms with Crippen LogP contribution in [0.25, 0.3) is 22.5 Å². The first-order valence-corrected chi connectivity index (χ1v) is 10.6. The lowest BCUT2D eigenvalue weighted by Gasteiger charge is -2.13. The van der Waals surface area contributed by atoms with Gasteiger partial charge in [-0.15, -0.1) is 10.2 Å². The molecule has 0 radical (unpaired) electrons. The number of halogens is 3. The van der Waals surface area contributed by atoms with Crippen molar-refractivity contribution in [3.63, 3.8) is 0 Å². The van der Waals surface area contributed by atoms with Crippen molar-refractivity contribution in [2.45, 2.75) is 12.8 Å². The molecule has 0 fully saturated rings. The van der Waals surface area contributed by atoms with Crippen LogP contribution in [0.2, 0.25) is 0 Å². The number of nitrogens with zero attached hydrogens (tertiary/aromatic N) is 4. The molecule has 0 spiro atoms. The van der Waals surface area contributed by atoms with Crippen molar-refractivity contribution in [2.75, 3.05) is 5.32 Å². The van der Waals surface area contributed by atoms with Crippen LogP contribution in [0, 0.1) is 0 Å². The number of aromatic amines is 1. The lowest BCUT2D eigenvalue weighted by molar-refractivity contribution is -0.137. The monoisotopic (exact) mass is 508 g/mol. The maximum atomic E-state index is 12.7. The molecule has 186 valence electrons. The van der Waals surface area contributed by atoms with Gasteiger partial charge in [-0.1, -0.05) is 12.1 Å². The number of alkyl halides is 3. The number of rotatable bonds is 7. The van der Waals surface area contributed by atoms with Gasteiger partial charge in [0.15, 0.2) is 5.75 Å². The smallest absolute Gasteiger partial charge is 0.416 e. The Morgan fingerprint density at radius 3 is 2.32 bits per heavy atom. The fourth-order valence-corrected chi connectivity index (χ4v) is 3.50. The molecule has 5 aromatic rings. The zero-order chi connectivity index (χ0) is 26.2. The van der Waals surface area contributed by atoms with E-state index in [0.717, 1.165) is 12.1 Å². The predicted octanol–water partition coefficient (Wildman–Crippen LogP) is 3.57. The number of pyridine rings is 1. The molecule has 0 atom stereocenters. The van der Waals surface area contributed by atoms with Crippen LogP contribution in [0.3, 0.4) is 0 Å². The number of tetrazole rings is 1. The van der Waals surface area contributed by atoms with Crippen molar-refractivity contribution < 1.29 is 23.0 Å². The number of aromatic nitrogens is 5. The third-order valence-electron chi connectivity index (χ3n) is 5.43. The van der Waals surface area contributed by atoms with Gasteiger partial charge in [-0.25, -0.2) is 4.98 Å². The van der Waals surface area contributed by atoms with Gasteiger partial charge in [-0.05, 0) is 52.7 Å². The number of hydrogen-bond donors (Lipinski definition) is 3. The first-order chi connectivity index (χ1) is 17.7. The molecule has 2 heterocycles. The van der Waals surface area contributed by atoms with Crippen LogP contribution in [0.4, 0.5) is 24.5 Å². The summed E-state index contributed by atoms with van der Waals surface area (Å²) < 4.78 is 43.7. The van der Waals surface area contributed by atoms with Crippen molar-refractivity contribution in [1.82, 2.24) is 25.6 Å². The van der Waals surface area contributed by atoms with E-state index in [1.165, 1.54) is 18.3 Å². The van der Waals surface area contributed by atoms with Gasteiger partial charge in [0.25, 0.3) is 10.9 Å². The summed E-state index contributed by atoms with van der Waals surface area (Å²) in [6, 6.07) is 13.0. The molecule has 13 heteroatoms. The normalized spacial score (nSPS) is 11.5. The van der Waals surface area contributed by atoms with Crippen LogP contribution in [0.1, 0.15) is 11.1 Å². The Hall–Kier alpha value is -5.07. The topological polar surface area (TPSA) is 143 Å². The first kappa shape index (κ1) is 23.7. The molecule has 5 rings (SSSR count). The maximum absolute atomic E-state index is 12.7. The second-order valence-electron chi connectivity index (χ2n) is 7.91. The van der Waals surface area contributed by atoms with E-state index in [1.807, 2.05) is 0 Å². The number of aromatic hydroxyl groups is 1. The molecule has 3 N–H and O–H groups in total. The minimum Gasteiger partial charge on any atom is -0.502 e. The number of benzene rings is 2. The van der Waals surface area contributed by atoms with E-state index in [-0.39, 0.29) is 24.0 Å². The zero-order valence-electron chi connectivity index (χ0n) is 18.6. The van der Waals surface area contributed by atoms with Crippen LogP contribution < -0.4 is 20.9 Å². The van der Waals surface area contributed by atoms with E-state index in [9.17, 15) is 27.9 Å². The van der Waals surface area contributed by atoms with Gasteiger partial charge in [0.05, 0.1) is 5.56 Å². The van der Waals surface area contributed by atoms with Crippen molar-refractivity contribution in [3.05, 3.63) is 92.4 Å². The Labute approximate surface area is 205 Å². The Bertz CT molecular complexity index is 1630. The molecule has 0 aliphatic carbocycles. The van der Waals surface area contributed by atoms with Crippen LogP contribution in [0.5, 0.6) is 11.6 Å². The molecule has 3 aromatic carbocycles. The maximum Gasteiger partial charge on any atom is 0.416 e. The van der Waals surface area contributed by atoms with Crippen LogP contribution >= 0.6 is 0 Å². The number of nitrogens with one attached hydrogen (secondary N) is 2. The first-order valence-electron chi connectivity index (χ1n) is 10.6. The predicted molar refractivity (Wildman–Crippen MR) is 125 cm³/mol. The average molecular weight is 508 g/mol. The molecule has 10 nitrogen and oxygen atoms in total. The van der Waals surface area contributed by atoms with Crippen molar-refractivity contribution in [2.24, 2.45) is 0 Å². The highest BCUT2D eigenvalue weighted by atomic mass is 19.4. The van der Waals surface area contributed by atoms with Gasteiger partial charge in [0, 0.05) is 29.1 Å². The summed E-state index contributed by atoms with van der Waals surface area (Å²) in [6.45, 7) is 0.0250. The van der Waals surface area contributed by atoms with Gasteiger partial charge >= 0.3 is 6.18 Å². The number of hydrogen-bond acceptors (Lipinski definition) is 9. The largest absolute Gasteiger partial charge is 0.502 e. The van der Waals surface area contributed by atoms with E-state index >= 15 is 0 Å². The van der Waals surface area contributed by atoms with Crippen molar-refractivity contribution in [3.8, 4) is 34.1 Å². The highest BCUT2D eigenvalue weighted by molar-refractivity contribution is 5.79. The summed E-state index contributed by atoms with van der Waals surface area (Å²) in [7, 11) is 0. The molecule has 0 aliphatic heterocycles. The summed E-state index contributed by atoms with van der Waals surface area (Å²) in [5.74, 6) is -0.124. The van der Waals surface area contributed by atoms with Gasteiger partial charge in [0.2, 0.25) is 11.7 Å².